The molecule has 2 aromatic rings. The number of carbonyl (C=O) groups is 4. The van der Waals surface area contributed by atoms with Crippen LogP contribution in [0.25, 0.3) is 11.0 Å². The van der Waals surface area contributed by atoms with Crippen molar-refractivity contribution < 1.29 is 46.6 Å². The lowest BCUT2D eigenvalue weighted by Crippen LogP contribution is -2.59. The second kappa shape index (κ2) is 13.9. The van der Waals surface area contributed by atoms with Crippen molar-refractivity contribution in [3.63, 3.8) is 0 Å². The highest BCUT2D eigenvalue weighted by atomic mass is 32.2. The first-order valence-electron chi connectivity index (χ1n) is 17.1. The SMILES string of the molecule is COc1ccc2ncc(OC3CC4C(=O)NC5(C(=O)NS(=O)(=O)C6(CF)CC6)CC5C=CCCC(C)CC(C)C(NC(=O)O)C(=O)N4C3)nc2c1. The molecular weight excluding hydrogens is 687 g/mol. The molecule has 276 valence electrons. The number of allylic oxidation sites excluding steroid dienone is 1. The van der Waals surface area contributed by atoms with E-state index >= 15 is 0 Å². The van der Waals surface area contributed by atoms with Crippen molar-refractivity contribution in [2.45, 2.75) is 87.3 Å². The van der Waals surface area contributed by atoms with Crippen LogP contribution in [0.1, 0.15) is 58.8 Å². The number of amides is 4. The third-order valence-electron chi connectivity index (χ3n) is 10.6. The molecule has 1 aromatic carbocycles. The number of methoxy groups -OCH3 is 1. The number of hydrogen-bond acceptors (Lipinski definition) is 10. The van der Waals surface area contributed by atoms with Crippen LogP contribution in [0.5, 0.6) is 11.6 Å². The smallest absolute Gasteiger partial charge is 0.405 e. The zero-order chi connectivity index (χ0) is 36.7. The molecule has 2 saturated carbocycles. The maximum absolute atomic E-state index is 14.3. The molecule has 4 N–H and O–H groups in total. The van der Waals surface area contributed by atoms with E-state index in [-0.39, 0.29) is 44.0 Å². The fourth-order valence-electron chi connectivity index (χ4n) is 7.21. The largest absolute Gasteiger partial charge is 0.497 e. The van der Waals surface area contributed by atoms with Gasteiger partial charge in [0.1, 0.15) is 40.9 Å². The van der Waals surface area contributed by atoms with Crippen LogP contribution < -0.4 is 24.8 Å². The van der Waals surface area contributed by atoms with E-state index in [1.54, 1.807) is 31.2 Å². The van der Waals surface area contributed by atoms with Crippen molar-refractivity contribution in [3.8, 4) is 11.6 Å². The topological polar surface area (TPSA) is 206 Å². The third-order valence-corrected chi connectivity index (χ3v) is 12.7. The van der Waals surface area contributed by atoms with Gasteiger partial charge in [0.05, 0.1) is 30.9 Å². The van der Waals surface area contributed by atoms with Crippen LogP contribution in [-0.4, -0.2) is 101 Å². The lowest BCUT2D eigenvalue weighted by molar-refractivity contribution is -0.142. The average Bonchev–Trinajstić information content (AvgIpc) is 3.99. The van der Waals surface area contributed by atoms with Crippen LogP contribution >= 0.6 is 0 Å². The van der Waals surface area contributed by atoms with Crippen molar-refractivity contribution >= 4 is 44.9 Å². The summed E-state index contributed by atoms with van der Waals surface area (Å²) < 4.78 is 51.6. The number of fused-ring (bicyclic) bond motifs is 3. The van der Waals surface area contributed by atoms with Gasteiger partial charge in [0.15, 0.2) is 0 Å². The zero-order valence-corrected chi connectivity index (χ0v) is 29.4. The summed E-state index contributed by atoms with van der Waals surface area (Å²) in [5.74, 6) is -2.60. The van der Waals surface area contributed by atoms with Crippen LogP contribution in [0.4, 0.5) is 9.18 Å². The Morgan fingerprint density at radius 3 is 2.63 bits per heavy atom. The number of alkyl halides is 1. The van der Waals surface area contributed by atoms with Gasteiger partial charge in [-0.15, -0.1) is 0 Å². The fourth-order valence-corrected chi connectivity index (χ4v) is 8.64. The summed E-state index contributed by atoms with van der Waals surface area (Å²) in [7, 11) is -2.86. The van der Waals surface area contributed by atoms with E-state index in [1.807, 2.05) is 17.7 Å². The number of carbonyl (C=O) groups excluding carboxylic acids is 3. The highest BCUT2D eigenvalue weighted by Gasteiger charge is 2.64. The van der Waals surface area contributed by atoms with Crippen LogP contribution in [0, 0.1) is 17.8 Å². The summed E-state index contributed by atoms with van der Waals surface area (Å²) in [4.78, 5) is 64.3. The first kappa shape index (κ1) is 36.3. The quantitative estimate of drug-likeness (QED) is 0.290. The molecule has 15 nitrogen and oxygen atoms in total. The number of carboxylic acid groups (broad SMARTS) is 1. The van der Waals surface area contributed by atoms with E-state index in [9.17, 15) is 37.1 Å². The number of ether oxygens (including phenoxy) is 2. The van der Waals surface area contributed by atoms with Crippen molar-refractivity contribution in [2.24, 2.45) is 17.8 Å². The molecule has 3 fully saturated rings. The lowest BCUT2D eigenvalue weighted by atomic mass is 9.88. The Morgan fingerprint density at radius 2 is 1.94 bits per heavy atom. The predicted octanol–water partition coefficient (Wildman–Crippen LogP) is 2.46. The summed E-state index contributed by atoms with van der Waals surface area (Å²) in [6, 6.07) is 2.73. The minimum absolute atomic E-state index is 0.0541. The minimum atomic E-state index is -4.38. The highest BCUT2D eigenvalue weighted by molar-refractivity contribution is 7.91. The molecule has 4 amide bonds. The number of hydrogen-bond donors (Lipinski definition) is 4. The van der Waals surface area contributed by atoms with Crippen LogP contribution in [0.3, 0.4) is 0 Å². The molecule has 6 rings (SSSR count). The van der Waals surface area contributed by atoms with Gasteiger partial charge < -0.3 is 30.1 Å². The van der Waals surface area contributed by atoms with E-state index in [1.165, 1.54) is 18.2 Å². The maximum Gasteiger partial charge on any atom is 0.405 e. The number of nitrogens with one attached hydrogen (secondary N) is 3. The maximum atomic E-state index is 14.3. The Morgan fingerprint density at radius 1 is 1.18 bits per heavy atom. The molecule has 51 heavy (non-hydrogen) atoms. The number of benzene rings is 1. The number of sulfonamides is 1. The molecule has 17 heteroatoms. The summed E-state index contributed by atoms with van der Waals surface area (Å²) in [5, 5.41) is 14.8. The average molecular weight is 731 g/mol. The van der Waals surface area contributed by atoms with E-state index in [2.05, 4.69) is 20.6 Å². The molecular formula is C34H43FN6O9S. The van der Waals surface area contributed by atoms with E-state index in [0.29, 0.717) is 36.0 Å². The molecule has 0 bridgehead atoms. The Hall–Kier alpha value is -4.54. The normalized spacial score (nSPS) is 30.5. The summed E-state index contributed by atoms with van der Waals surface area (Å²) >= 11 is 0. The van der Waals surface area contributed by atoms with Crippen LogP contribution in [-0.2, 0) is 24.4 Å². The van der Waals surface area contributed by atoms with Crippen LogP contribution in [0.15, 0.2) is 36.5 Å². The van der Waals surface area contributed by atoms with Gasteiger partial charge in [-0.25, -0.2) is 27.6 Å². The Bertz CT molecular complexity index is 1860. The molecule has 4 aliphatic rings. The number of aromatic nitrogens is 2. The van der Waals surface area contributed by atoms with Gasteiger partial charge in [0, 0.05) is 18.4 Å². The van der Waals surface area contributed by atoms with Crippen molar-refractivity contribution in [3.05, 3.63) is 36.5 Å². The zero-order valence-electron chi connectivity index (χ0n) is 28.6. The summed E-state index contributed by atoms with van der Waals surface area (Å²) in [6.07, 6.45) is 4.86. The predicted molar refractivity (Wildman–Crippen MR) is 181 cm³/mol. The van der Waals surface area contributed by atoms with Crippen molar-refractivity contribution in [2.75, 3.05) is 20.3 Å². The molecule has 0 radical (unpaired) electrons. The second-order valence-corrected chi connectivity index (χ2v) is 16.4. The van der Waals surface area contributed by atoms with Gasteiger partial charge in [-0.2, -0.15) is 0 Å². The van der Waals surface area contributed by atoms with Gasteiger partial charge in [0.25, 0.3) is 5.91 Å². The van der Waals surface area contributed by atoms with Gasteiger partial charge in [0.2, 0.25) is 27.7 Å². The molecule has 1 saturated heterocycles. The molecule has 1 aromatic heterocycles. The first-order valence-corrected chi connectivity index (χ1v) is 18.6. The third kappa shape index (κ3) is 7.30. The van der Waals surface area contributed by atoms with Crippen molar-refractivity contribution in [1.29, 1.82) is 0 Å². The van der Waals surface area contributed by atoms with Gasteiger partial charge in [-0.05, 0) is 62.5 Å². The summed E-state index contributed by atoms with van der Waals surface area (Å²) in [5.41, 5.74) is -0.597. The summed E-state index contributed by atoms with van der Waals surface area (Å²) in [6.45, 7) is 2.51. The second-order valence-electron chi connectivity index (χ2n) is 14.3. The molecule has 3 heterocycles. The van der Waals surface area contributed by atoms with Crippen LogP contribution in [0.2, 0.25) is 0 Å². The molecule has 7 atom stereocenters. The Balaban J connectivity index is 1.32. The van der Waals surface area contributed by atoms with Crippen molar-refractivity contribution in [1.82, 2.24) is 30.2 Å². The first-order chi connectivity index (χ1) is 24.2. The van der Waals surface area contributed by atoms with Gasteiger partial charge in [-0.1, -0.05) is 26.0 Å². The monoisotopic (exact) mass is 730 g/mol. The Kier molecular flexibility index (Phi) is 9.87. The van der Waals surface area contributed by atoms with Gasteiger partial charge >= 0.3 is 6.09 Å². The Labute approximate surface area is 294 Å². The van der Waals surface area contributed by atoms with E-state index < -0.39 is 80.8 Å². The highest BCUT2D eigenvalue weighted by Crippen LogP contribution is 2.48. The van der Waals surface area contributed by atoms with E-state index in [4.69, 9.17) is 9.47 Å². The lowest BCUT2D eigenvalue weighted by Gasteiger charge is -2.32. The number of halogens is 1. The number of nitrogens with zero attached hydrogens (tertiary/aromatic N) is 3. The standard InChI is InChI=1S/C34H43FN6O9S/c1-19-6-4-5-7-21-15-34(21,31(44)40-51(47,48)33(18-35)10-11-33)39-29(42)26-14-23(17-41(26)30(43)28(20(2)12-19)38-32(45)46)50-27-16-36-24-9-8-22(49-3)13-25(24)37-27/h5,7-9,13,16,19-21,23,26,28,38H,4,6,10-12,14-15,17-18H2,1-3H3,(H,39,42)(H,40,44)(H,45,46). The van der Waals surface area contributed by atoms with Gasteiger partial charge in [-0.3, -0.25) is 19.1 Å². The molecule has 7 unspecified atom stereocenters. The fraction of sp³-hybridized carbons (Fsp3) is 0.588. The molecule has 0 spiro atoms. The molecule has 2 aliphatic heterocycles. The molecule has 2 aliphatic carbocycles. The minimum Gasteiger partial charge on any atom is -0.497 e. The van der Waals surface area contributed by atoms with E-state index in [0.717, 1.165) is 0 Å². The number of rotatable bonds is 8.